The standard InChI is InChI=1S/C12H18N2O2/c15-12-11(5-4-6-13-12)16-10-9-14-7-2-1-3-8-14/h4-6H,1-3,7-10H2,(H,13,15). The van der Waals surface area contributed by atoms with Crippen LogP contribution in [0.2, 0.25) is 0 Å². The number of hydrogen-bond acceptors (Lipinski definition) is 3. The van der Waals surface area contributed by atoms with E-state index in [0.29, 0.717) is 12.4 Å². The topological polar surface area (TPSA) is 45.3 Å². The van der Waals surface area contributed by atoms with Gasteiger partial charge in [0.2, 0.25) is 0 Å². The normalized spacial score (nSPS) is 17.2. The summed E-state index contributed by atoms with van der Waals surface area (Å²) in [6, 6.07) is 3.48. The Hall–Kier alpha value is -1.29. The zero-order chi connectivity index (χ0) is 11.2. The van der Waals surface area contributed by atoms with Crippen LogP contribution < -0.4 is 10.3 Å². The third kappa shape index (κ3) is 3.10. The number of hydrogen-bond donors (Lipinski definition) is 1. The maximum absolute atomic E-state index is 11.3. The summed E-state index contributed by atoms with van der Waals surface area (Å²) in [4.78, 5) is 16.3. The molecule has 2 heterocycles. The molecule has 0 bridgehead atoms. The van der Waals surface area contributed by atoms with E-state index in [1.807, 2.05) is 0 Å². The monoisotopic (exact) mass is 222 g/mol. The number of piperidine rings is 1. The fraction of sp³-hybridized carbons (Fsp3) is 0.583. The van der Waals surface area contributed by atoms with Gasteiger partial charge < -0.3 is 9.72 Å². The predicted molar refractivity (Wildman–Crippen MR) is 62.8 cm³/mol. The molecule has 1 aromatic rings. The number of pyridine rings is 1. The van der Waals surface area contributed by atoms with Gasteiger partial charge in [0.25, 0.3) is 5.56 Å². The molecule has 0 aromatic carbocycles. The van der Waals surface area contributed by atoms with Gasteiger partial charge in [0.05, 0.1) is 0 Å². The van der Waals surface area contributed by atoms with Crippen LogP contribution in [-0.2, 0) is 0 Å². The molecule has 0 atom stereocenters. The van der Waals surface area contributed by atoms with Crippen molar-refractivity contribution in [3.05, 3.63) is 28.7 Å². The van der Waals surface area contributed by atoms with E-state index in [1.165, 1.54) is 19.3 Å². The van der Waals surface area contributed by atoms with Gasteiger partial charge in [-0.1, -0.05) is 6.42 Å². The minimum absolute atomic E-state index is 0.152. The Kier molecular flexibility index (Phi) is 3.99. The molecule has 4 heteroatoms. The van der Waals surface area contributed by atoms with E-state index in [-0.39, 0.29) is 5.56 Å². The fourth-order valence-corrected chi connectivity index (χ4v) is 1.99. The molecule has 0 radical (unpaired) electrons. The van der Waals surface area contributed by atoms with Crippen molar-refractivity contribution in [2.45, 2.75) is 19.3 Å². The molecule has 0 amide bonds. The summed E-state index contributed by atoms with van der Waals surface area (Å²) >= 11 is 0. The molecular weight excluding hydrogens is 204 g/mol. The van der Waals surface area contributed by atoms with E-state index >= 15 is 0 Å². The Labute approximate surface area is 95.2 Å². The van der Waals surface area contributed by atoms with Gasteiger partial charge in [0, 0.05) is 12.7 Å². The van der Waals surface area contributed by atoms with Gasteiger partial charge in [-0.3, -0.25) is 9.69 Å². The van der Waals surface area contributed by atoms with Crippen molar-refractivity contribution in [1.29, 1.82) is 0 Å². The maximum Gasteiger partial charge on any atom is 0.290 e. The van der Waals surface area contributed by atoms with E-state index in [1.54, 1.807) is 18.3 Å². The van der Waals surface area contributed by atoms with Crippen molar-refractivity contribution in [2.24, 2.45) is 0 Å². The molecule has 0 saturated carbocycles. The first-order chi connectivity index (χ1) is 7.86. The molecule has 1 aromatic heterocycles. The molecule has 1 aliphatic heterocycles. The van der Waals surface area contributed by atoms with Crippen molar-refractivity contribution < 1.29 is 4.74 Å². The summed E-state index contributed by atoms with van der Waals surface area (Å²) in [5, 5.41) is 0. The Morgan fingerprint density at radius 2 is 2.12 bits per heavy atom. The third-order valence-electron chi connectivity index (χ3n) is 2.90. The molecule has 2 rings (SSSR count). The van der Waals surface area contributed by atoms with Crippen LogP contribution in [0.5, 0.6) is 5.75 Å². The van der Waals surface area contributed by atoms with Crippen LogP contribution in [0.1, 0.15) is 19.3 Å². The second-order valence-corrected chi connectivity index (χ2v) is 4.11. The second kappa shape index (κ2) is 5.70. The fourth-order valence-electron chi connectivity index (χ4n) is 1.99. The Morgan fingerprint density at radius 3 is 2.88 bits per heavy atom. The van der Waals surface area contributed by atoms with Gasteiger partial charge in [-0.2, -0.15) is 0 Å². The molecule has 1 aliphatic rings. The lowest BCUT2D eigenvalue weighted by atomic mass is 10.1. The summed E-state index contributed by atoms with van der Waals surface area (Å²) in [5.74, 6) is 0.416. The van der Waals surface area contributed by atoms with Crippen molar-refractivity contribution >= 4 is 0 Å². The Morgan fingerprint density at radius 1 is 1.31 bits per heavy atom. The van der Waals surface area contributed by atoms with Crippen molar-refractivity contribution in [1.82, 2.24) is 9.88 Å². The molecule has 88 valence electrons. The Bertz CT molecular complexity index is 369. The summed E-state index contributed by atoms with van der Waals surface area (Å²) in [7, 11) is 0. The second-order valence-electron chi connectivity index (χ2n) is 4.11. The van der Waals surface area contributed by atoms with E-state index in [0.717, 1.165) is 19.6 Å². The molecule has 16 heavy (non-hydrogen) atoms. The van der Waals surface area contributed by atoms with E-state index in [4.69, 9.17) is 4.74 Å². The van der Waals surface area contributed by atoms with Crippen molar-refractivity contribution in [3.8, 4) is 5.75 Å². The molecular formula is C12H18N2O2. The van der Waals surface area contributed by atoms with Crippen LogP contribution in [0.4, 0.5) is 0 Å². The minimum Gasteiger partial charge on any atom is -0.487 e. The summed E-state index contributed by atoms with van der Waals surface area (Å²) in [5.41, 5.74) is -0.152. The number of nitrogens with zero attached hydrogens (tertiary/aromatic N) is 1. The van der Waals surface area contributed by atoms with Gasteiger partial charge in [-0.05, 0) is 38.1 Å². The highest BCUT2D eigenvalue weighted by molar-refractivity contribution is 5.15. The lowest BCUT2D eigenvalue weighted by Gasteiger charge is -2.26. The number of H-pyrrole nitrogens is 1. The first kappa shape index (κ1) is 11.2. The molecule has 1 N–H and O–H groups in total. The first-order valence-electron chi connectivity index (χ1n) is 5.89. The van der Waals surface area contributed by atoms with Crippen molar-refractivity contribution in [2.75, 3.05) is 26.2 Å². The number of likely N-dealkylation sites (tertiary alicyclic amines) is 1. The largest absolute Gasteiger partial charge is 0.487 e. The van der Waals surface area contributed by atoms with E-state index in [9.17, 15) is 4.79 Å². The average Bonchev–Trinajstić information content (AvgIpc) is 2.33. The molecule has 4 nitrogen and oxygen atoms in total. The summed E-state index contributed by atoms with van der Waals surface area (Å²) < 4.78 is 5.45. The van der Waals surface area contributed by atoms with Crippen molar-refractivity contribution in [3.63, 3.8) is 0 Å². The summed E-state index contributed by atoms with van der Waals surface area (Å²) in [6.45, 7) is 3.82. The highest BCUT2D eigenvalue weighted by Crippen LogP contribution is 2.08. The zero-order valence-electron chi connectivity index (χ0n) is 9.45. The highest BCUT2D eigenvalue weighted by Gasteiger charge is 2.09. The van der Waals surface area contributed by atoms with E-state index < -0.39 is 0 Å². The van der Waals surface area contributed by atoms with Crippen LogP contribution >= 0.6 is 0 Å². The SMILES string of the molecule is O=c1[nH]cccc1OCCN1CCCCC1. The minimum atomic E-state index is -0.152. The lowest BCUT2D eigenvalue weighted by Crippen LogP contribution is -2.33. The van der Waals surface area contributed by atoms with Gasteiger partial charge in [-0.15, -0.1) is 0 Å². The van der Waals surface area contributed by atoms with Crippen LogP contribution in [0.25, 0.3) is 0 Å². The number of ether oxygens (including phenoxy) is 1. The molecule has 1 saturated heterocycles. The van der Waals surface area contributed by atoms with Crippen LogP contribution in [-0.4, -0.2) is 36.1 Å². The predicted octanol–water partition coefficient (Wildman–Crippen LogP) is 1.24. The average molecular weight is 222 g/mol. The molecule has 0 unspecified atom stereocenters. The van der Waals surface area contributed by atoms with Gasteiger partial charge in [0.15, 0.2) is 5.75 Å². The molecule has 1 fully saturated rings. The highest BCUT2D eigenvalue weighted by atomic mass is 16.5. The molecule has 0 spiro atoms. The number of nitrogens with one attached hydrogen (secondary N) is 1. The van der Waals surface area contributed by atoms with Crippen LogP contribution in [0, 0.1) is 0 Å². The zero-order valence-corrected chi connectivity index (χ0v) is 9.45. The first-order valence-corrected chi connectivity index (χ1v) is 5.89. The van der Waals surface area contributed by atoms with Gasteiger partial charge in [-0.25, -0.2) is 0 Å². The lowest BCUT2D eigenvalue weighted by molar-refractivity contribution is 0.182. The summed E-state index contributed by atoms with van der Waals surface area (Å²) in [6.07, 6.45) is 5.52. The number of aromatic nitrogens is 1. The number of aromatic amines is 1. The van der Waals surface area contributed by atoms with Crippen LogP contribution in [0.15, 0.2) is 23.1 Å². The third-order valence-corrected chi connectivity index (χ3v) is 2.90. The molecule has 0 aliphatic carbocycles. The Balaban J connectivity index is 1.75. The number of rotatable bonds is 4. The van der Waals surface area contributed by atoms with E-state index in [2.05, 4.69) is 9.88 Å². The van der Waals surface area contributed by atoms with Crippen LogP contribution in [0.3, 0.4) is 0 Å². The van der Waals surface area contributed by atoms with Gasteiger partial charge in [0.1, 0.15) is 6.61 Å². The quantitative estimate of drug-likeness (QED) is 0.833. The smallest absolute Gasteiger partial charge is 0.290 e. The maximum atomic E-state index is 11.3. The van der Waals surface area contributed by atoms with Gasteiger partial charge >= 0.3 is 0 Å².